The van der Waals surface area contributed by atoms with Crippen LogP contribution >= 0.6 is 11.6 Å². The second-order valence-corrected chi connectivity index (χ2v) is 4.27. The molecule has 2 heterocycles. The smallest absolute Gasteiger partial charge is 0.247 e. The van der Waals surface area contributed by atoms with Gasteiger partial charge in [-0.3, -0.25) is 0 Å². The summed E-state index contributed by atoms with van der Waals surface area (Å²) in [7, 11) is 0. The standard InChI is InChI=1S/C12H10ClN5/c13-8-1-6-11-16-12(17-18(11)7-8)15-10-4-2-9(14)3-5-10/h1-7H,14H2,(H,15,17). The van der Waals surface area contributed by atoms with E-state index in [1.807, 2.05) is 30.3 Å². The molecule has 0 spiro atoms. The number of pyridine rings is 1. The van der Waals surface area contributed by atoms with Gasteiger partial charge in [0, 0.05) is 17.6 Å². The molecule has 5 nitrogen and oxygen atoms in total. The SMILES string of the molecule is Nc1ccc(Nc2nc3ccc(Cl)cn3n2)cc1. The molecule has 0 aliphatic carbocycles. The van der Waals surface area contributed by atoms with Crippen molar-refractivity contribution >= 4 is 34.6 Å². The average molecular weight is 260 g/mol. The molecule has 3 rings (SSSR count). The molecule has 3 aromatic rings. The Bertz CT molecular complexity index is 689. The van der Waals surface area contributed by atoms with Crippen LogP contribution in [-0.4, -0.2) is 14.6 Å². The summed E-state index contributed by atoms with van der Waals surface area (Å²) in [5, 5.41) is 7.99. The van der Waals surface area contributed by atoms with Gasteiger partial charge in [0.1, 0.15) is 0 Å². The predicted molar refractivity (Wildman–Crippen MR) is 72.1 cm³/mol. The quantitative estimate of drug-likeness (QED) is 0.695. The largest absolute Gasteiger partial charge is 0.399 e. The number of nitrogens with two attached hydrogens (primary N) is 1. The van der Waals surface area contributed by atoms with E-state index in [0.29, 0.717) is 11.0 Å². The first-order valence-electron chi connectivity index (χ1n) is 5.35. The van der Waals surface area contributed by atoms with Crippen molar-refractivity contribution in [2.75, 3.05) is 11.1 Å². The zero-order chi connectivity index (χ0) is 12.5. The Hall–Kier alpha value is -2.27. The molecule has 0 fully saturated rings. The van der Waals surface area contributed by atoms with Crippen molar-refractivity contribution in [1.82, 2.24) is 14.6 Å². The number of anilines is 3. The highest BCUT2D eigenvalue weighted by atomic mass is 35.5. The van der Waals surface area contributed by atoms with Crippen LogP contribution in [0.4, 0.5) is 17.3 Å². The van der Waals surface area contributed by atoms with Gasteiger partial charge >= 0.3 is 0 Å². The molecule has 0 bridgehead atoms. The number of fused-ring (bicyclic) bond motifs is 1. The molecule has 18 heavy (non-hydrogen) atoms. The Morgan fingerprint density at radius 3 is 2.67 bits per heavy atom. The lowest BCUT2D eigenvalue weighted by molar-refractivity contribution is 0.965. The first kappa shape index (κ1) is 10.9. The Labute approximate surface area is 108 Å². The second kappa shape index (κ2) is 4.19. The van der Waals surface area contributed by atoms with Gasteiger partial charge in [0.2, 0.25) is 5.95 Å². The Balaban J connectivity index is 1.92. The van der Waals surface area contributed by atoms with Gasteiger partial charge in [0.25, 0.3) is 0 Å². The summed E-state index contributed by atoms with van der Waals surface area (Å²) in [6, 6.07) is 11.0. The minimum Gasteiger partial charge on any atom is -0.399 e. The van der Waals surface area contributed by atoms with Gasteiger partial charge in [-0.05, 0) is 36.4 Å². The minimum atomic E-state index is 0.516. The van der Waals surface area contributed by atoms with Crippen molar-refractivity contribution in [2.45, 2.75) is 0 Å². The van der Waals surface area contributed by atoms with Crippen LogP contribution in [0.3, 0.4) is 0 Å². The van der Waals surface area contributed by atoms with Crippen molar-refractivity contribution in [2.24, 2.45) is 0 Å². The number of halogens is 1. The normalized spacial score (nSPS) is 10.7. The third kappa shape index (κ3) is 2.08. The monoisotopic (exact) mass is 259 g/mol. The van der Waals surface area contributed by atoms with Gasteiger partial charge in [-0.15, -0.1) is 5.10 Å². The number of hydrogen-bond acceptors (Lipinski definition) is 4. The van der Waals surface area contributed by atoms with Gasteiger partial charge in [0.15, 0.2) is 5.65 Å². The van der Waals surface area contributed by atoms with Crippen LogP contribution in [0.15, 0.2) is 42.6 Å². The minimum absolute atomic E-state index is 0.516. The lowest BCUT2D eigenvalue weighted by Crippen LogP contribution is -1.93. The van der Waals surface area contributed by atoms with Crippen LogP contribution in [0, 0.1) is 0 Å². The van der Waals surface area contributed by atoms with Crippen molar-refractivity contribution in [3.05, 3.63) is 47.6 Å². The second-order valence-electron chi connectivity index (χ2n) is 3.83. The molecule has 6 heteroatoms. The number of hydrogen-bond donors (Lipinski definition) is 2. The summed E-state index contributed by atoms with van der Waals surface area (Å²) in [5.74, 6) is 0.516. The first-order chi connectivity index (χ1) is 8.70. The van der Waals surface area contributed by atoms with E-state index in [4.69, 9.17) is 17.3 Å². The van der Waals surface area contributed by atoms with Crippen LogP contribution in [0.2, 0.25) is 5.02 Å². The molecular formula is C12H10ClN5. The first-order valence-corrected chi connectivity index (χ1v) is 5.73. The molecule has 0 aliphatic rings. The summed E-state index contributed by atoms with van der Waals surface area (Å²) in [5.41, 5.74) is 7.95. The van der Waals surface area contributed by atoms with Gasteiger partial charge in [0.05, 0.1) is 5.02 Å². The molecule has 3 N–H and O–H groups in total. The lowest BCUT2D eigenvalue weighted by atomic mass is 10.3. The van der Waals surface area contributed by atoms with E-state index in [-0.39, 0.29) is 0 Å². The zero-order valence-corrected chi connectivity index (χ0v) is 10.1. The number of nitrogens with one attached hydrogen (secondary N) is 1. The molecule has 0 saturated heterocycles. The van der Waals surface area contributed by atoms with E-state index < -0.39 is 0 Å². The molecule has 0 radical (unpaired) electrons. The predicted octanol–water partition coefficient (Wildman–Crippen LogP) is 2.71. The van der Waals surface area contributed by atoms with Crippen LogP contribution in [0.25, 0.3) is 5.65 Å². The van der Waals surface area contributed by atoms with E-state index >= 15 is 0 Å². The highest BCUT2D eigenvalue weighted by Crippen LogP contribution is 2.16. The topological polar surface area (TPSA) is 68.2 Å². The highest BCUT2D eigenvalue weighted by molar-refractivity contribution is 6.30. The maximum absolute atomic E-state index is 5.88. The van der Waals surface area contributed by atoms with Crippen LogP contribution in [0.1, 0.15) is 0 Å². The molecule has 2 aromatic heterocycles. The van der Waals surface area contributed by atoms with Gasteiger partial charge in [-0.2, -0.15) is 4.98 Å². The van der Waals surface area contributed by atoms with E-state index in [1.165, 1.54) is 0 Å². The van der Waals surface area contributed by atoms with Crippen molar-refractivity contribution < 1.29 is 0 Å². The summed E-state index contributed by atoms with van der Waals surface area (Å²) < 4.78 is 1.63. The van der Waals surface area contributed by atoms with Gasteiger partial charge < -0.3 is 11.1 Å². The third-order valence-corrected chi connectivity index (χ3v) is 2.69. The fourth-order valence-corrected chi connectivity index (χ4v) is 1.76. The molecule has 0 aliphatic heterocycles. The summed E-state index contributed by atoms with van der Waals surface area (Å²) in [6.45, 7) is 0. The maximum Gasteiger partial charge on any atom is 0.247 e. The molecule has 0 saturated carbocycles. The zero-order valence-electron chi connectivity index (χ0n) is 9.34. The summed E-state index contributed by atoms with van der Waals surface area (Å²) >= 11 is 5.88. The Morgan fingerprint density at radius 2 is 1.89 bits per heavy atom. The van der Waals surface area contributed by atoms with Crippen molar-refractivity contribution in [3.63, 3.8) is 0 Å². The molecule has 0 amide bonds. The highest BCUT2D eigenvalue weighted by Gasteiger charge is 2.03. The number of rotatable bonds is 2. The third-order valence-electron chi connectivity index (χ3n) is 2.46. The van der Waals surface area contributed by atoms with E-state index in [2.05, 4.69) is 15.4 Å². The Kier molecular flexibility index (Phi) is 2.53. The summed E-state index contributed by atoms with van der Waals surface area (Å²) in [4.78, 5) is 4.32. The van der Waals surface area contributed by atoms with Gasteiger partial charge in [-0.1, -0.05) is 11.6 Å². The molecular weight excluding hydrogens is 250 g/mol. The number of benzene rings is 1. The van der Waals surface area contributed by atoms with Crippen LogP contribution in [-0.2, 0) is 0 Å². The number of aromatic nitrogens is 3. The lowest BCUT2D eigenvalue weighted by Gasteiger charge is -2.00. The van der Waals surface area contributed by atoms with E-state index in [1.54, 1.807) is 16.8 Å². The molecule has 90 valence electrons. The van der Waals surface area contributed by atoms with Crippen molar-refractivity contribution in [3.8, 4) is 0 Å². The van der Waals surface area contributed by atoms with Gasteiger partial charge in [-0.25, -0.2) is 4.52 Å². The summed E-state index contributed by atoms with van der Waals surface area (Å²) in [6.07, 6.45) is 1.71. The molecule has 0 unspecified atom stereocenters. The van der Waals surface area contributed by atoms with E-state index in [9.17, 15) is 0 Å². The average Bonchev–Trinajstić information content (AvgIpc) is 2.73. The molecule has 0 atom stereocenters. The van der Waals surface area contributed by atoms with Crippen LogP contribution in [0.5, 0.6) is 0 Å². The van der Waals surface area contributed by atoms with E-state index in [0.717, 1.165) is 17.0 Å². The number of nitrogen functional groups attached to an aromatic ring is 1. The molecule has 1 aromatic carbocycles. The fourth-order valence-electron chi connectivity index (χ4n) is 1.61. The van der Waals surface area contributed by atoms with Crippen LogP contribution < -0.4 is 11.1 Å². The fraction of sp³-hybridized carbons (Fsp3) is 0. The number of nitrogens with zero attached hydrogens (tertiary/aromatic N) is 3. The Morgan fingerprint density at radius 1 is 1.11 bits per heavy atom. The maximum atomic E-state index is 5.88. The van der Waals surface area contributed by atoms with Crippen molar-refractivity contribution in [1.29, 1.82) is 0 Å².